The van der Waals surface area contributed by atoms with E-state index in [0.717, 1.165) is 11.1 Å². The molecule has 1 aliphatic carbocycles. The van der Waals surface area contributed by atoms with Crippen LogP contribution >= 0.6 is 0 Å². The summed E-state index contributed by atoms with van der Waals surface area (Å²) >= 11 is 0. The number of ether oxygens (including phenoxy) is 2. The van der Waals surface area contributed by atoms with Gasteiger partial charge >= 0.3 is 18.1 Å². The largest absolute Gasteiger partial charge is 0.491 e. The molecule has 0 bridgehead atoms. The Morgan fingerprint density at radius 2 is 1.79 bits per heavy atom. The van der Waals surface area contributed by atoms with E-state index in [1.807, 2.05) is 32.0 Å². The molecule has 1 saturated carbocycles. The molecule has 1 fully saturated rings. The number of benzene rings is 1. The van der Waals surface area contributed by atoms with Gasteiger partial charge in [0.05, 0.1) is 6.42 Å². The zero-order valence-corrected chi connectivity index (χ0v) is 16.2. The number of hydrogen-bond acceptors (Lipinski definition) is 5. The molecule has 2 atom stereocenters. The van der Waals surface area contributed by atoms with Gasteiger partial charge in [-0.2, -0.15) is 13.2 Å². The molecule has 1 aromatic rings. The van der Waals surface area contributed by atoms with Crippen LogP contribution in [0.25, 0.3) is 0 Å². The summed E-state index contributed by atoms with van der Waals surface area (Å²) in [6.45, 7) is 6.13. The minimum Gasteiger partial charge on any atom is -0.491 e. The molecular formula is C20H26F3NO4. The van der Waals surface area contributed by atoms with Gasteiger partial charge in [0.2, 0.25) is 0 Å². The first-order chi connectivity index (χ1) is 13.0. The van der Waals surface area contributed by atoms with Crippen molar-refractivity contribution >= 4 is 11.9 Å². The van der Waals surface area contributed by atoms with Crippen LogP contribution in [0.5, 0.6) is 5.75 Å². The Bertz CT molecular complexity index is 714. The fourth-order valence-corrected chi connectivity index (χ4v) is 3.07. The standard InChI is InChI=1S/C20H26F3NO4/c1-11(2)15-5-4-6-16(12(3)13-7-8-13)18(15)27-10-14(24)9-17(25)28-19(26)20(21,22)23/h4-6,11-14H,7-10,24H2,1-3H3/t12-,14?/m1/s1. The highest BCUT2D eigenvalue weighted by molar-refractivity contribution is 5.88. The number of hydrogen-bond donors (Lipinski definition) is 1. The van der Waals surface area contributed by atoms with E-state index in [0.29, 0.717) is 17.6 Å². The van der Waals surface area contributed by atoms with E-state index in [1.165, 1.54) is 12.8 Å². The number of carbonyl (C=O) groups is 2. The summed E-state index contributed by atoms with van der Waals surface area (Å²) in [6.07, 6.45) is -3.43. The molecule has 1 unspecified atom stereocenters. The van der Waals surface area contributed by atoms with Crippen molar-refractivity contribution in [3.8, 4) is 5.75 Å². The molecule has 0 saturated heterocycles. The van der Waals surface area contributed by atoms with Gasteiger partial charge in [-0.3, -0.25) is 4.79 Å². The summed E-state index contributed by atoms with van der Waals surface area (Å²) in [5.41, 5.74) is 7.89. The van der Waals surface area contributed by atoms with Gasteiger partial charge in [0.1, 0.15) is 12.4 Å². The van der Waals surface area contributed by atoms with Crippen LogP contribution in [0.1, 0.15) is 63.0 Å². The third-order valence-corrected chi connectivity index (χ3v) is 4.83. The first-order valence-corrected chi connectivity index (χ1v) is 9.33. The van der Waals surface area contributed by atoms with Crippen molar-refractivity contribution in [2.24, 2.45) is 11.7 Å². The van der Waals surface area contributed by atoms with E-state index in [9.17, 15) is 22.8 Å². The monoisotopic (exact) mass is 401 g/mol. The topological polar surface area (TPSA) is 78.6 Å². The molecule has 0 aliphatic heterocycles. The lowest BCUT2D eigenvalue weighted by Gasteiger charge is -2.23. The number of para-hydroxylation sites is 1. The van der Waals surface area contributed by atoms with Crippen LogP contribution in [-0.4, -0.2) is 30.8 Å². The van der Waals surface area contributed by atoms with Crippen molar-refractivity contribution in [2.75, 3.05) is 6.61 Å². The Hall–Kier alpha value is -2.09. The van der Waals surface area contributed by atoms with Gasteiger partial charge in [0, 0.05) is 6.04 Å². The maximum atomic E-state index is 12.1. The number of nitrogens with two attached hydrogens (primary N) is 1. The minimum atomic E-state index is -5.22. The van der Waals surface area contributed by atoms with E-state index in [1.54, 1.807) is 0 Å². The molecule has 2 rings (SSSR count). The molecule has 1 aliphatic rings. The average Bonchev–Trinajstić information content (AvgIpc) is 3.42. The zero-order chi connectivity index (χ0) is 21.1. The molecule has 1 aromatic carbocycles. The third kappa shape index (κ3) is 5.95. The number of carbonyl (C=O) groups excluding carboxylic acids is 2. The Balaban J connectivity index is 2.02. The van der Waals surface area contributed by atoms with Gasteiger partial charge in [0.25, 0.3) is 0 Å². The van der Waals surface area contributed by atoms with Crippen molar-refractivity contribution in [1.29, 1.82) is 0 Å². The van der Waals surface area contributed by atoms with E-state index in [-0.39, 0.29) is 12.5 Å². The van der Waals surface area contributed by atoms with Gasteiger partial charge in [-0.05, 0) is 41.7 Å². The first kappa shape index (κ1) is 22.2. The lowest BCUT2D eigenvalue weighted by Crippen LogP contribution is -2.34. The second kappa shape index (κ2) is 8.94. The number of rotatable bonds is 8. The van der Waals surface area contributed by atoms with Crippen LogP contribution < -0.4 is 10.5 Å². The van der Waals surface area contributed by atoms with Crippen molar-refractivity contribution in [3.63, 3.8) is 0 Å². The number of esters is 2. The smallest absolute Gasteiger partial charge is 0.491 e. The van der Waals surface area contributed by atoms with Gasteiger partial charge < -0.3 is 15.2 Å². The molecule has 5 nitrogen and oxygen atoms in total. The highest BCUT2D eigenvalue weighted by atomic mass is 19.4. The van der Waals surface area contributed by atoms with Gasteiger partial charge in [-0.25, -0.2) is 4.79 Å². The Morgan fingerprint density at radius 1 is 1.18 bits per heavy atom. The molecule has 8 heteroatoms. The molecule has 0 heterocycles. The Kier molecular flexibility index (Phi) is 7.09. The summed E-state index contributed by atoms with van der Waals surface area (Å²) in [7, 11) is 0. The summed E-state index contributed by atoms with van der Waals surface area (Å²) in [4.78, 5) is 22.2. The van der Waals surface area contributed by atoms with Crippen molar-refractivity contribution in [3.05, 3.63) is 29.3 Å². The molecular weight excluding hydrogens is 375 g/mol. The second-order valence-corrected chi connectivity index (χ2v) is 7.58. The van der Waals surface area contributed by atoms with Crippen LogP contribution in [0.3, 0.4) is 0 Å². The molecule has 0 spiro atoms. The molecule has 0 aromatic heterocycles. The highest BCUT2D eigenvalue weighted by Crippen LogP contribution is 2.46. The van der Waals surface area contributed by atoms with E-state index in [2.05, 4.69) is 11.7 Å². The quantitative estimate of drug-likeness (QED) is 0.525. The van der Waals surface area contributed by atoms with Crippen LogP contribution in [-0.2, 0) is 14.3 Å². The van der Waals surface area contributed by atoms with Gasteiger partial charge in [-0.1, -0.05) is 39.0 Å². The lowest BCUT2D eigenvalue weighted by atomic mass is 9.90. The molecule has 0 radical (unpaired) electrons. The summed E-state index contributed by atoms with van der Waals surface area (Å²) < 4.78 is 46.1. The van der Waals surface area contributed by atoms with Crippen LogP contribution in [0, 0.1) is 5.92 Å². The minimum absolute atomic E-state index is 0.0799. The summed E-state index contributed by atoms with van der Waals surface area (Å²) in [5, 5.41) is 0. The maximum Gasteiger partial charge on any atom is 0.491 e. The van der Waals surface area contributed by atoms with E-state index in [4.69, 9.17) is 10.5 Å². The third-order valence-electron chi connectivity index (χ3n) is 4.83. The van der Waals surface area contributed by atoms with Crippen LogP contribution in [0.4, 0.5) is 13.2 Å². The summed E-state index contributed by atoms with van der Waals surface area (Å²) in [6, 6.07) is 5.05. The van der Waals surface area contributed by atoms with Gasteiger partial charge in [-0.15, -0.1) is 0 Å². The number of halogens is 3. The Morgan fingerprint density at radius 3 is 2.32 bits per heavy atom. The van der Waals surface area contributed by atoms with Crippen LogP contribution in [0.2, 0.25) is 0 Å². The molecule has 2 N–H and O–H groups in total. The fraction of sp³-hybridized carbons (Fsp3) is 0.600. The molecule has 28 heavy (non-hydrogen) atoms. The SMILES string of the molecule is CC(C)c1cccc([C@H](C)C2CC2)c1OCC(N)CC(=O)OC(=O)C(F)(F)F. The lowest BCUT2D eigenvalue weighted by molar-refractivity contribution is -0.202. The Labute approximate surface area is 162 Å². The van der Waals surface area contributed by atoms with Crippen molar-refractivity contribution < 1.29 is 32.2 Å². The van der Waals surface area contributed by atoms with Crippen LogP contribution in [0.15, 0.2) is 18.2 Å². The second-order valence-electron chi connectivity index (χ2n) is 7.58. The van der Waals surface area contributed by atoms with Crippen molar-refractivity contribution in [1.82, 2.24) is 0 Å². The van der Waals surface area contributed by atoms with Gasteiger partial charge in [0.15, 0.2) is 0 Å². The normalized spacial score (nSPS) is 16.6. The molecule has 0 amide bonds. The van der Waals surface area contributed by atoms with Crippen molar-refractivity contribution in [2.45, 2.75) is 64.1 Å². The first-order valence-electron chi connectivity index (χ1n) is 9.33. The predicted octanol–water partition coefficient (Wildman–Crippen LogP) is 4.05. The molecule has 156 valence electrons. The van der Waals surface area contributed by atoms with E-state index < -0.39 is 30.6 Å². The zero-order valence-electron chi connectivity index (χ0n) is 16.2. The average molecular weight is 401 g/mol. The highest BCUT2D eigenvalue weighted by Gasteiger charge is 2.42. The maximum absolute atomic E-state index is 12.1. The predicted molar refractivity (Wildman–Crippen MR) is 96.9 cm³/mol. The van der Waals surface area contributed by atoms with E-state index >= 15 is 0 Å². The number of alkyl halides is 3. The summed E-state index contributed by atoms with van der Waals surface area (Å²) in [5.74, 6) is -2.03. The fourth-order valence-electron chi connectivity index (χ4n) is 3.07.